The van der Waals surface area contributed by atoms with Crippen LogP contribution in [0, 0.1) is 20.8 Å². The molecule has 3 rings (SSSR count). The molecule has 106 valence electrons. The zero-order valence-corrected chi connectivity index (χ0v) is 13.1. The summed E-state index contributed by atoms with van der Waals surface area (Å²) in [7, 11) is 0. The molecule has 0 N–H and O–H groups in total. The van der Waals surface area contributed by atoms with E-state index in [1.807, 2.05) is 25.4 Å². The fourth-order valence-electron chi connectivity index (χ4n) is 2.80. The van der Waals surface area contributed by atoms with Gasteiger partial charge in [-0.1, -0.05) is 0 Å². The number of aryl methyl sites for hydroxylation is 3. The van der Waals surface area contributed by atoms with Crippen molar-refractivity contribution in [3.8, 4) is 0 Å². The normalized spacial score (nSPS) is 19.6. The van der Waals surface area contributed by atoms with Crippen LogP contribution in [0.5, 0.6) is 0 Å². The first-order valence-electron chi connectivity index (χ1n) is 7.05. The Bertz CT molecular complexity index is 587. The van der Waals surface area contributed by atoms with Crippen LogP contribution in [0.2, 0.25) is 0 Å². The molecule has 20 heavy (non-hydrogen) atoms. The fraction of sp³-hybridized carbons (Fsp3) is 0.533. The van der Waals surface area contributed by atoms with Crippen molar-refractivity contribution in [3.63, 3.8) is 0 Å². The monoisotopic (exact) mass is 288 g/mol. The Hall–Kier alpha value is -1.33. The van der Waals surface area contributed by atoms with E-state index in [1.165, 1.54) is 10.6 Å². The summed E-state index contributed by atoms with van der Waals surface area (Å²) in [5.41, 5.74) is 5.25. The van der Waals surface area contributed by atoms with Gasteiger partial charge in [0.25, 0.3) is 0 Å². The molecule has 0 unspecified atom stereocenters. The molecule has 0 aliphatic carbocycles. The van der Waals surface area contributed by atoms with Gasteiger partial charge in [0.2, 0.25) is 0 Å². The molecular formula is C15H20N4S. The minimum absolute atomic E-state index is 0.474. The van der Waals surface area contributed by atoms with E-state index < -0.39 is 0 Å². The van der Waals surface area contributed by atoms with Crippen LogP contribution in [0.15, 0.2) is 11.6 Å². The molecule has 0 amide bonds. The van der Waals surface area contributed by atoms with Gasteiger partial charge < -0.3 is 0 Å². The minimum Gasteiger partial charge on any atom is -0.297 e. The summed E-state index contributed by atoms with van der Waals surface area (Å²) in [6, 6.07) is 2.04. The van der Waals surface area contributed by atoms with Crippen LogP contribution in [-0.2, 0) is 6.54 Å². The molecule has 5 heteroatoms. The summed E-state index contributed by atoms with van der Waals surface area (Å²) in [4.78, 5) is 17.4. The van der Waals surface area contributed by atoms with E-state index in [0.717, 1.165) is 43.3 Å². The molecule has 1 fully saturated rings. The second kappa shape index (κ2) is 5.58. The van der Waals surface area contributed by atoms with Crippen LogP contribution >= 0.6 is 11.3 Å². The number of rotatable bonds is 3. The highest BCUT2D eigenvalue weighted by molar-refractivity contribution is 7.09. The lowest BCUT2D eigenvalue weighted by molar-refractivity contribution is 0.327. The average Bonchev–Trinajstić information content (AvgIpc) is 2.99. The van der Waals surface area contributed by atoms with Crippen LogP contribution in [0.1, 0.15) is 40.1 Å². The van der Waals surface area contributed by atoms with Gasteiger partial charge in [0.05, 0.1) is 11.2 Å². The Morgan fingerprint density at radius 2 is 2.00 bits per heavy atom. The molecular weight excluding hydrogens is 268 g/mol. The molecule has 4 nitrogen and oxygen atoms in total. The molecule has 1 atom stereocenters. The van der Waals surface area contributed by atoms with Gasteiger partial charge in [0, 0.05) is 35.3 Å². The van der Waals surface area contributed by atoms with Crippen molar-refractivity contribution in [1.29, 1.82) is 0 Å². The maximum Gasteiger partial charge on any atom is 0.133 e. The van der Waals surface area contributed by atoms with Gasteiger partial charge in [-0.25, -0.2) is 15.0 Å². The second-order valence-electron chi connectivity index (χ2n) is 5.59. The van der Waals surface area contributed by atoms with Crippen molar-refractivity contribution < 1.29 is 0 Å². The number of nitrogens with zero attached hydrogens (tertiary/aromatic N) is 4. The molecule has 1 aliphatic heterocycles. The first kappa shape index (κ1) is 13.6. The average molecular weight is 288 g/mol. The number of aromatic nitrogens is 3. The van der Waals surface area contributed by atoms with Crippen molar-refractivity contribution in [2.45, 2.75) is 39.7 Å². The maximum atomic E-state index is 4.62. The van der Waals surface area contributed by atoms with E-state index in [1.54, 1.807) is 11.3 Å². The van der Waals surface area contributed by atoms with Crippen LogP contribution in [0.25, 0.3) is 0 Å². The highest BCUT2D eigenvalue weighted by atomic mass is 32.1. The van der Waals surface area contributed by atoms with Gasteiger partial charge >= 0.3 is 0 Å². The van der Waals surface area contributed by atoms with Crippen LogP contribution in [0.4, 0.5) is 0 Å². The van der Waals surface area contributed by atoms with E-state index in [2.05, 4.69) is 26.8 Å². The van der Waals surface area contributed by atoms with Gasteiger partial charge in [-0.05, 0) is 39.8 Å². The molecule has 0 saturated carbocycles. The lowest BCUT2D eigenvalue weighted by Gasteiger charge is -2.15. The van der Waals surface area contributed by atoms with E-state index >= 15 is 0 Å². The molecule has 0 spiro atoms. The lowest BCUT2D eigenvalue weighted by Crippen LogP contribution is -2.20. The first-order chi connectivity index (χ1) is 9.61. The first-order valence-corrected chi connectivity index (χ1v) is 7.93. The predicted molar refractivity (Wildman–Crippen MR) is 81.0 cm³/mol. The molecule has 1 aliphatic rings. The number of hydrogen-bond donors (Lipinski definition) is 0. The van der Waals surface area contributed by atoms with Crippen molar-refractivity contribution in [3.05, 3.63) is 39.4 Å². The predicted octanol–water partition coefficient (Wildman–Crippen LogP) is 2.85. The van der Waals surface area contributed by atoms with Crippen molar-refractivity contribution >= 4 is 11.3 Å². The standard InChI is InChI=1S/C15H20N4S/c1-10-6-11(2)18-15(17-10)13-4-5-19(7-13)8-14-12(3)16-9-20-14/h6,9,13H,4-5,7-8H2,1-3H3/t13-/m0/s1. The fourth-order valence-corrected chi connectivity index (χ4v) is 3.62. The summed E-state index contributed by atoms with van der Waals surface area (Å²) in [5, 5.41) is 0. The van der Waals surface area contributed by atoms with Crippen LogP contribution < -0.4 is 0 Å². The van der Waals surface area contributed by atoms with Crippen LogP contribution in [-0.4, -0.2) is 32.9 Å². The zero-order chi connectivity index (χ0) is 14.1. The van der Waals surface area contributed by atoms with Gasteiger partial charge in [0.1, 0.15) is 5.82 Å². The summed E-state index contributed by atoms with van der Waals surface area (Å²) < 4.78 is 0. The van der Waals surface area contributed by atoms with E-state index in [4.69, 9.17) is 0 Å². The molecule has 0 bridgehead atoms. The van der Waals surface area contributed by atoms with Crippen molar-refractivity contribution in [2.75, 3.05) is 13.1 Å². The third kappa shape index (κ3) is 2.88. The number of likely N-dealkylation sites (tertiary alicyclic amines) is 1. The molecule has 3 heterocycles. The second-order valence-corrected chi connectivity index (χ2v) is 6.53. The van der Waals surface area contributed by atoms with Crippen molar-refractivity contribution in [2.24, 2.45) is 0 Å². The Morgan fingerprint density at radius 1 is 1.25 bits per heavy atom. The SMILES string of the molecule is Cc1cc(C)nc([C@H]2CCN(Cc3scnc3C)C2)n1. The van der Waals surface area contributed by atoms with Crippen LogP contribution in [0.3, 0.4) is 0 Å². The Kier molecular flexibility index (Phi) is 3.81. The lowest BCUT2D eigenvalue weighted by atomic mass is 10.1. The Balaban J connectivity index is 1.69. The van der Waals surface area contributed by atoms with E-state index in [0.29, 0.717) is 5.92 Å². The largest absolute Gasteiger partial charge is 0.297 e. The smallest absolute Gasteiger partial charge is 0.133 e. The van der Waals surface area contributed by atoms with Gasteiger partial charge in [-0.3, -0.25) is 4.90 Å². The molecule has 0 radical (unpaired) electrons. The van der Waals surface area contributed by atoms with Crippen molar-refractivity contribution in [1.82, 2.24) is 19.9 Å². The maximum absolute atomic E-state index is 4.62. The topological polar surface area (TPSA) is 41.9 Å². The number of hydrogen-bond acceptors (Lipinski definition) is 5. The van der Waals surface area contributed by atoms with E-state index in [-0.39, 0.29) is 0 Å². The Morgan fingerprint density at radius 3 is 2.65 bits per heavy atom. The zero-order valence-electron chi connectivity index (χ0n) is 12.3. The molecule has 2 aromatic heterocycles. The minimum atomic E-state index is 0.474. The summed E-state index contributed by atoms with van der Waals surface area (Å²) in [5.74, 6) is 1.49. The van der Waals surface area contributed by atoms with Gasteiger partial charge in [-0.2, -0.15) is 0 Å². The summed E-state index contributed by atoms with van der Waals surface area (Å²) in [6.45, 7) is 9.37. The summed E-state index contributed by atoms with van der Waals surface area (Å²) in [6.07, 6.45) is 1.15. The highest BCUT2D eigenvalue weighted by Gasteiger charge is 2.26. The highest BCUT2D eigenvalue weighted by Crippen LogP contribution is 2.27. The third-order valence-corrected chi connectivity index (χ3v) is 4.77. The van der Waals surface area contributed by atoms with Gasteiger partial charge in [-0.15, -0.1) is 11.3 Å². The molecule has 1 saturated heterocycles. The molecule has 2 aromatic rings. The third-order valence-electron chi connectivity index (χ3n) is 3.85. The van der Waals surface area contributed by atoms with Gasteiger partial charge in [0.15, 0.2) is 0 Å². The summed E-state index contributed by atoms with van der Waals surface area (Å²) >= 11 is 1.75. The molecule has 0 aromatic carbocycles. The number of thiazole rings is 1. The Labute approximate surface area is 123 Å². The quantitative estimate of drug-likeness (QED) is 0.871. The van der Waals surface area contributed by atoms with E-state index in [9.17, 15) is 0 Å².